The third-order valence-electron chi connectivity index (χ3n) is 3.20. The summed E-state index contributed by atoms with van der Waals surface area (Å²) >= 11 is 1.37. The quantitative estimate of drug-likeness (QED) is 0.712. The van der Waals surface area contributed by atoms with Crippen molar-refractivity contribution in [3.05, 3.63) is 41.8 Å². The number of H-pyrrole nitrogens is 1. The fourth-order valence-corrected chi connectivity index (χ4v) is 2.68. The Morgan fingerprint density at radius 2 is 1.96 bits per heavy atom. The molecule has 120 valence electrons. The Bertz CT molecular complexity index is 801. The third-order valence-corrected chi connectivity index (χ3v) is 4.15. The van der Waals surface area contributed by atoms with Crippen LogP contribution in [0.15, 0.2) is 33.9 Å². The maximum atomic E-state index is 13.8. The van der Waals surface area contributed by atoms with Gasteiger partial charge in [0.15, 0.2) is 11.6 Å². The van der Waals surface area contributed by atoms with Crippen LogP contribution in [0.4, 0.5) is 4.39 Å². The molecule has 0 saturated carbocycles. The van der Waals surface area contributed by atoms with E-state index >= 15 is 0 Å². The second kappa shape index (κ2) is 6.49. The number of halogens is 1. The van der Waals surface area contributed by atoms with Crippen LogP contribution in [0, 0.1) is 5.82 Å². The van der Waals surface area contributed by atoms with Gasteiger partial charge in [0, 0.05) is 5.92 Å². The van der Waals surface area contributed by atoms with Gasteiger partial charge in [-0.05, 0) is 19.1 Å². The molecule has 2 heterocycles. The number of thioether (sulfide) groups is 1. The maximum absolute atomic E-state index is 13.8. The summed E-state index contributed by atoms with van der Waals surface area (Å²) in [4.78, 5) is 8.68. The Balaban J connectivity index is 1.74. The highest BCUT2D eigenvalue weighted by Gasteiger charge is 2.19. The number of aromatic nitrogens is 5. The molecule has 23 heavy (non-hydrogen) atoms. The van der Waals surface area contributed by atoms with Gasteiger partial charge in [-0.2, -0.15) is 4.98 Å². The molecule has 0 spiro atoms. The van der Waals surface area contributed by atoms with Crippen LogP contribution in [0.2, 0.25) is 0 Å². The molecule has 0 aliphatic carbocycles. The molecule has 3 rings (SSSR count). The second-order valence-corrected chi connectivity index (χ2v) is 6.66. The molecule has 3 aromatic rings. The van der Waals surface area contributed by atoms with Crippen molar-refractivity contribution in [2.75, 3.05) is 0 Å². The summed E-state index contributed by atoms with van der Waals surface area (Å²) in [5, 5.41) is 11.2. The normalized spacial score (nSPS) is 12.7. The van der Waals surface area contributed by atoms with Gasteiger partial charge < -0.3 is 4.52 Å². The zero-order valence-electron chi connectivity index (χ0n) is 12.9. The van der Waals surface area contributed by atoms with Gasteiger partial charge in [-0.1, -0.05) is 42.9 Å². The van der Waals surface area contributed by atoms with Crippen molar-refractivity contribution < 1.29 is 8.91 Å². The minimum atomic E-state index is -0.341. The van der Waals surface area contributed by atoms with Gasteiger partial charge in [0.05, 0.1) is 10.8 Å². The van der Waals surface area contributed by atoms with Crippen LogP contribution in [-0.4, -0.2) is 25.3 Å². The van der Waals surface area contributed by atoms with Gasteiger partial charge in [-0.15, -0.1) is 5.10 Å². The van der Waals surface area contributed by atoms with Gasteiger partial charge in [-0.3, -0.25) is 5.10 Å². The average Bonchev–Trinajstić information content (AvgIpc) is 3.16. The van der Waals surface area contributed by atoms with Gasteiger partial charge in [0.1, 0.15) is 5.82 Å². The highest BCUT2D eigenvalue weighted by Crippen LogP contribution is 2.33. The Hall–Kier alpha value is -2.22. The largest absolute Gasteiger partial charge is 0.338 e. The van der Waals surface area contributed by atoms with Crippen LogP contribution in [0.5, 0.6) is 0 Å². The number of hydrogen-bond acceptors (Lipinski definition) is 6. The number of rotatable bonds is 5. The molecule has 1 aromatic carbocycles. The van der Waals surface area contributed by atoms with Gasteiger partial charge in [-0.25, -0.2) is 9.37 Å². The number of hydrogen-bond donors (Lipinski definition) is 1. The maximum Gasteiger partial charge on any atom is 0.239 e. The van der Waals surface area contributed by atoms with Crippen LogP contribution in [0.1, 0.15) is 43.7 Å². The van der Waals surface area contributed by atoms with E-state index < -0.39 is 0 Å². The van der Waals surface area contributed by atoms with Gasteiger partial charge >= 0.3 is 0 Å². The standard InChI is InChI=1S/C15H16FN5OS/c1-8(2)12-17-14(22-21-12)9(3)23-15-18-13(19-20-15)10-6-4-5-7-11(10)16/h4-9H,1-3H3,(H,18,19,20). The zero-order chi connectivity index (χ0) is 16.4. The molecular weight excluding hydrogens is 317 g/mol. The van der Waals surface area contributed by atoms with Crippen LogP contribution in [0.25, 0.3) is 11.4 Å². The van der Waals surface area contributed by atoms with Crippen molar-refractivity contribution in [3.8, 4) is 11.4 Å². The molecule has 1 atom stereocenters. The van der Waals surface area contributed by atoms with Crippen molar-refractivity contribution in [2.24, 2.45) is 0 Å². The Morgan fingerprint density at radius 1 is 1.17 bits per heavy atom. The number of nitrogens with one attached hydrogen (secondary N) is 1. The summed E-state index contributed by atoms with van der Waals surface area (Å²) in [5.41, 5.74) is 0.388. The molecule has 0 bridgehead atoms. The van der Waals surface area contributed by atoms with Crippen LogP contribution < -0.4 is 0 Å². The molecule has 0 saturated heterocycles. The zero-order valence-corrected chi connectivity index (χ0v) is 13.8. The fraction of sp³-hybridized carbons (Fsp3) is 0.333. The SMILES string of the molecule is CC(C)c1noc(C(C)Sc2n[nH]c(-c3ccccc3F)n2)n1. The minimum Gasteiger partial charge on any atom is -0.338 e. The van der Waals surface area contributed by atoms with E-state index in [1.54, 1.807) is 18.2 Å². The summed E-state index contributed by atoms with van der Waals surface area (Å²) in [5.74, 6) is 1.46. The first-order valence-electron chi connectivity index (χ1n) is 7.22. The summed E-state index contributed by atoms with van der Waals surface area (Å²) in [6.07, 6.45) is 0. The topological polar surface area (TPSA) is 80.5 Å². The molecule has 1 N–H and O–H groups in total. The molecule has 0 aliphatic heterocycles. The Labute approximate surface area is 136 Å². The van der Waals surface area contributed by atoms with Crippen molar-refractivity contribution in [2.45, 2.75) is 37.1 Å². The van der Waals surface area contributed by atoms with E-state index in [4.69, 9.17) is 4.52 Å². The lowest BCUT2D eigenvalue weighted by atomic mass is 10.2. The molecule has 2 aromatic heterocycles. The number of aromatic amines is 1. The Morgan fingerprint density at radius 3 is 2.65 bits per heavy atom. The molecular formula is C15H16FN5OS. The van der Waals surface area contributed by atoms with Crippen molar-refractivity contribution in [1.82, 2.24) is 25.3 Å². The van der Waals surface area contributed by atoms with Crippen molar-refractivity contribution in [1.29, 1.82) is 0 Å². The summed E-state index contributed by atoms with van der Waals surface area (Å²) in [6.45, 7) is 5.94. The number of nitrogens with zero attached hydrogens (tertiary/aromatic N) is 4. The lowest BCUT2D eigenvalue weighted by molar-refractivity contribution is 0.373. The van der Waals surface area contributed by atoms with E-state index in [-0.39, 0.29) is 17.0 Å². The molecule has 0 aliphatic rings. The van der Waals surface area contributed by atoms with Gasteiger partial charge in [0.2, 0.25) is 11.0 Å². The van der Waals surface area contributed by atoms with E-state index in [2.05, 4.69) is 25.3 Å². The Kier molecular flexibility index (Phi) is 4.42. The van der Waals surface area contributed by atoms with Crippen LogP contribution >= 0.6 is 11.8 Å². The molecule has 0 radical (unpaired) electrons. The monoisotopic (exact) mass is 333 g/mol. The predicted molar refractivity (Wildman–Crippen MR) is 84.4 cm³/mol. The molecule has 6 nitrogen and oxygen atoms in total. The van der Waals surface area contributed by atoms with E-state index in [1.165, 1.54) is 17.8 Å². The summed E-state index contributed by atoms with van der Waals surface area (Å²) in [6, 6.07) is 6.43. The summed E-state index contributed by atoms with van der Waals surface area (Å²) < 4.78 is 19.0. The van der Waals surface area contributed by atoms with E-state index in [0.29, 0.717) is 28.3 Å². The highest BCUT2D eigenvalue weighted by atomic mass is 32.2. The van der Waals surface area contributed by atoms with Crippen molar-refractivity contribution >= 4 is 11.8 Å². The third kappa shape index (κ3) is 3.42. The molecule has 1 unspecified atom stereocenters. The van der Waals surface area contributed by atoms with Gasteiger partial charge in [0.25, 0.3) is 0 Å². The lowest BCUT2D eigenvalue weighted by Gasteiger charge is -2.01. The predicted octanol–water partition coefficient (Wildman–Crippen LogP) is 3.97. The first-order chi connectivity index (χ1) is 11.0. The minimum absolute atomic E-state index is 0.0979. The van der Waals surface area contributed by atoms with Crippen LogP contribution in [-0.2, 0) is 0 Å². The van der Waals surface area contributed by atoms with Crippen molar-refractivity contribution in [3.63, 3.8) is 0 Å². The highest BCUT2D eigenvalue weighted by molar-refractivity contribution is 7.99. The van der Waals surface area contributed by atoms with E-state index in [1.807, 2.05) is 20.8 Å². The number of benzene rings is 1. The molecule has 0 fully saturated rings. The average molecular weight is 333 g/mol. The lowest BCUT2D eigenvalue weighted by Crippen LogP contribution is -1.93. The first-order valence-corrected chi connectivity index (χ1v) is 8.10. The summed E-state index contributed by atoms with van der Waals surface area (Å²) in [7, 11) is 0. The fourth-order valence-electron chi connectivity index (χ4n) is 1.93. The van der Waals surface area contributed by atoms with E-state index in [9.17, 15) is 4.39 Å². The van der Waals surface area contributed by atoms with E-state index in [0.717, 1.165) is 0 Å². The first kappa shape index (κ1) is 15.7. The second-order valence-electron chi connectivity index (χ2n) is 5.35. The smallest absolute Gasteiger partial charge is 0.239 e. The molecule has 0 amide bonds. The molecule has 8 heteroatoms. The van der Waals surface area contributed by atoms with Crippen LogP contribution in [0.3, 0.4) is 0 Å².